The molecular formula is C34H25N3O8. The SMILES string of the molecule is C[C@@]12Oc3cc(-c4cccnc4)oc(=O)c3C(O)C1C[C@@H](OC(=O)c1ccc(C#N)cc1)C[C@H]2OC(=O)c1ccc(C#N)cc1. The van der Waals surface area contributed by atoms with E-state index in [1.165, 1.54) is 60.8 Å². The van der Waals surface area contributed by atoms with Gasteiger partial charge in [-0.1, -0.05) is 0 Å². The molecule has 11 nitrogen and oxygen atoms in total. The third-order valence-electron chi connectivity index (χ3n) is 8.29. The van der Waals surface area contributed by atoms with Gasteiger partial charge in [-0.05, 0) is 74.0 Å². The first-order valence-electron chi connectivity index (χ1n) is 14.1. The summed E-state index contributed by atoms with van der Waals surface area (Å²) in [5, 5.41) is 29.8. The van der Waals surface area contributed by atoms with Gasteiger partial charge in [0.2, 0.25) is 0 Å². The van der Waals surface area contributed by atoms with Gasteiger partial charge in [0.25, 0.3) is 0 Å². The van der Waals surface area contributed by atoms with Crippen LogP contribution in [-0.2, 0) is 9.47 Å². The summed E-state index contributed by atoms with van der Waals surface area (Å²) < 4.78 is 23.8. The fraction of sp³-hybridized carbons (Fsp3) is 0.235. The number of nitriles is 2. The normalized spacial score (nSPS) is 23.2. The molecule has 1 fully saturated rings. The van der Waals surface area contributed by atoms with Gasteiger partial charge in [0.05, 0.1) is 40.5 Å². The van der Waals surface area contributed by atoms with Crippen molar-refractivity contribution in [3.05, 3.63) is 117 Å². The van der Waals surface area contributed by atoms with Crippen LogP contribution >= 0.6 is 0 Å². The van der Waals surface area contributed by atoms with Crippen molar-refractivity contribution in [1.29, 1.82) is 10.5 Å². The summed E-state index contributed by atoms with van der Waals surface area (Å²) in [6, 6.07) is 20.7. The molecule has 0 amide bonds. The Morgan fingerprint density at radius 2 is 1.58 bits per heavy atom. The van der Waals surface area contributed by atoms with E-state index in [4.69, 9.17) is 29.2 Å². The summed E-state index contributed by atoms with van der Waals surface area (Å²) in [7, 11) is 0. The molecule has 5 atom stereocenters. The molecular weight excluding hydrogens is 578 g/mol. The number of aliphatic hydroxyl groups excluding tert-OH is 1. The molecule has 0 bridgehead atoms. The maximum atomic E-state index is 13.3. The molecule has 11 heteroatoms. The van der Waals surface area contributed by atoms with E-state index in [2.05, 4.69) is 4.98 Å². The van der Waals surface area contributed by atoms with Crippen LogP contribution in [0.2, 0.25) is 0 Å². The van der Waals surface area contributed by atoms with E-state index in [1.807, 2.05) is 12.1 Å². The van der Waals surface area contributed by atoms with Crippen molar-refractivity contribution in [3.63, 3.8) is 0 Å². The van der Waals surface area contributed by atoms with Gasteiger partial charge in [-0.25, -0.2) is 14.4 Å². The van der Waals surface area contributed by atoms with Crippen molar-refractivity contribution in [2.75, 3.05) is 0 Å². The van der Waals surface area contributed by atoms with Gasteiger partial charge < -0.3 is 23.7 Å². The second-order valence-corrected chi connectivity index (χ2v) is 11.0. The Labute approximate surface area is 256 Å². The van der Waals surface area contributed by atoms with Gasteiger partial charge >= 0.3 is 17.6 Å². The molecule has 1 aliphatic heterocycles. The first kappa shape index (κ1) is 29.3. The Morgan fingerprint density at radius 1 is 0.956 bits per heavy atom. The lowest BCUT2D eigenvalue weighted by Crippen LogP contribution is -2.62. The molecule has 2 unspecified atom stereocenters. The summed E-state index contributed by atoms with van der Waals surface area (Å²) in [6.07, 6.45) is -0.105. The predicted molar refractivity (Wildman–Crippen MR) is 156 cm³/mol. The first-order chi connectivity index (χ1) is 21.7. The van der Waals surface area contributed by atoms with Crippen molar-refractivity contribution in [1.82, 2.24) is 4.98 Å². The van der Waals surface area contributed by atoms with Gasteiger partial charge in [0.1, 0.15) is 34.9 Å². The second kappa shape index (κ2) is 11.7. The van der Waals surface area contributed by atoms with Crippen LogP contribution in [0.15, 0.2) is 88.3 Å². The Balaban J connectivity index is 1.35. The van der Waals surface area contributed by atoms with E-state index < -0.39 is 47.4 Å². The Hall–Kier alpha value is -5.78. The number of carbonyl (C=O) groups is 2. The van der Waals surface area contributed by atoms with Crippen molar-refractivity contribution in [2.45, 2.75) is 43.7 Å². The number of rotatable bonds is 5. The number of hydrogen-bond acceptors (Lipinski definition) is 11. The quantitative estimate of drug-likeness (QED) is 0.318. The minimum absolute atomic E-state index is 0.0238. The number of nitrogens with zero attached hydrogens (tertiary/aromatic N) is 3. The number of esters is 2. The molecule has 0 spiro atoms. The van der Waals surface area contributed by atoms with Gasteiger partial charge in [0, 0.05) is 36.4 Å². The molecule has 0 radical (unpaired) electrons. The highest BCUT2D eigenvalue weighted by molar-refractivity contribution is 5.90. The van der Waals surface area contributed by atoms with Gasteiger partial charge in [0.15, 0.2) is 0 Å². The molecule has 6 rings (SSSR count). The molecule has 45 heavy (non-hydrogen) atoms. The molecule has 2 aromatic carbocycles. The number of pyridine rings is 1. The highest BCUT2D eigenvalue weighted by atomic mass is 16.6. The fourth-order valence-electron chi connectivity index (χ4n) is 5.87. The van der Waals surface area contributed by atoms with Crippen LogP contribution in [-0.4, -0.2) is 39.8 Å². The average Bonchev–Trinajstić information content (AvgIpc) is 3.05. The van der Waals surface area contributed by atoms with E-state index in [0.717, 1.165) is 0 Å². The zero-order chi connectivity index (χ0) is 31.7. The molecule has 1 aliphatic carbocycles. The molecule has 0 saturated heterocycles. The average molecular weight is 604 g/mol. The zero-order valence-corrected chi connectivity index (χ0v) is 23.9. The topological polar surface area (TPSA) is 173 Å². The summed E-state index contributed by atoms with van der Waals surface area (Å²) in [4.78, 5) is 43.7. The Kier molecular flexibility index (Phi) is 7.63. The number of benzene rings is 2. The van der Waals surface area contributed by atoms with Gasteiger partial charge in [-0.15, -0.1) is 0 Å². The lowest BCUT2D eigenvalue weighted by atomic mass is 9.67. The van der Waals surface area contributed by atoms with Crippen molar-refractivity contribution in [2.24, 2.45) is 5.92 Å². The van der Waals surface area contributed by atoms with Crippen LogP contribution in [0.5, 0.6) is 5.75 Å². The van der Waals surface area contributed by atoms with E-state index in [0.29, 0.717) is 16.7 Å². The monoisotopic (exact) mass is 603 g/mol. The van der Waals surface area contributed by atoms with Crippen LogP contribution in [0, 0.1) is 28.6 Å². The molecule has 1 N–H and O–H groups in total. The number of aromatic nitrogens is 1. The molecule has 224 valence electrons. The smallest absolute Gasteiger partial charge is 0.345 e. The predicted octanol–water partition coefficient (Wildman–Crippen LogP) is 4.49. The van der Waals surface area contributed by atoms with E-state index in [9.17, 15) is 19.5 Å². The highest BCUT2D eigenvalue weighted by Crippen LogP contribution is 2.51. The van der Waals surface area contributed by atoms with Gasteiger partial charge in [-0.3, -0.25) is 4.98 Å². The van der Waals surface area contributed by atoms with Crippen LogP contribution in [0.3, 0.4) is 0 Å². The number of ether oxygens (including phenoxy) is 3. The number of aliphatic hydroxyl groups is 1. The molecule has 3 heterocycles. The largest absolute Gasteiger partial charge is 0.482 e. The third kappa shape index (κ3) is 5.53. The summed E-state index contributed by atoms with van der Waals surface area (Å²) in [5.74, 6) is -1.99. The summed E-state index contributed by atoms with van der Waals surface area (Å²) in [5.41, 5.74) is -0.600. The number of carbonyl (C=O) groups excluding carboxylic acids is 2. The van der Waals surface area contributed by atoms with Crippen LogP contribution in [0.25, 0.3) is 11.3 Å². The Bertz CT molecular complexity index is 1910. The maximum absolute atomic E-state index is 13.3. The summed E-state index contributed by atoms with van der Waals surface area (Å²) in [6.45, 7) is 1.68. The molecule has 2 aromatic heterocycles. The summed E-state index contributed by atoms with van der Waals surface area (Å²) >= 11 is 0. The van der Waals surface area contributed by atoms with E-state index >= 15 is 0 Å². The molecule has 2 aliphatic rings. The van der Waals surface area contributed by atoms with E-state index in [1.54, 1.807) is 25.3 Å². The Morgan fingerprint density at radius 3 is 2.16 bits per heavy atom. The number of fused-ring (bicyclic) bond motifs is 2. The lowest BCUT2D eigenvalue weighted by Gasteiger charge is -2.52. The maximum Gasteiger partial charge on any atom is 0.345 e. The van der Waals surface area contributed by atoms with Crippen LogP contribution in [0.4, 0.5) is 0 Å². The van der Waals surface area contributed by atoms with Crippen molar-refractivity contribution in [3.8, 4) is 29.2 Å². The second-order valence-electron chi connectivity index (χ2n) is 11.0. The first-order valence-corrected chi connectivity index (χ1v) is 14.1. The zero-order valence-electron chi connectivity index (χ0n) is 23.9. The van der Waals surface area contributed by atoms with Crippen LogP contribution in [0.1, 0.15) is 63.3 Å². The fourth-order valence-corrected chi connectivity index (χ4v) is 5.87. The number of hydrogen-bond donors (Lipinski definition) is 1. The lowest BCUT2D eigenvalue weighted by molar-refractivity contribution is -0.177. The van der Waals surface area contributed by atoms with E-state index in [-0.39, 0.29) is 41.0 Å². The standard InChI is InChI=1S/C34H25N3O8/c1-34-25(30(38)29-27(45-34)15-26(43-33(29)41)23-3-2-12-37-18-23)13-24(42-31(39)21-8-4-19(16-35)5-9-21)14-28(34)44-32(40)22-10-6-20(17-36)7-11-22/h2-12,15,18,24-25,28,30,38H,13-14H2,1H3/t24-,25?,28-,30?,34-/m1/s1. The van der Waals surface area contributed by atoms with Gasteiger partial charge in [-0.2, -0.15) is 10.5 Å². The molecule has 1 saturated carbocycles. The highest BCUT2D eigenvalue weighted by Gasteiger charge is 2.58. The minimum atomic E-state index is -1.41. The van der Waals surface area contributed by atoms with Crippen molar-refractivity contribution < 1.29 is 33.3 Å². The minimum Gasteiger partial charge on any atom is -0.482 e. The van der Waals surface area contributed by atoms with Crippen LogP contribution < -0.4 is 10.4 Å². The van der Waals surface area contributed by atoms with Crippen molar-refractivity contribution >= 4 is 11.9 Å². The third-order valence-corrected chi connectivity index (χ3v) is 8.29. The molecule has 4 aromatic rings.